The molecule has 1 aliphatic heterocycles. The SMILES string of the molecule is O=C(O)C(=O)O.c1ccc(CN2CCC(NC3CCCCCC3)CC2)cc1. The zero-order chi connectivity index (χ0) is 19.5. The van der Waals surface area contributed by atoms with Crippen molar-refractivity contribution in [2.45, 2.75) is 70.0 Å². The molecule has 6 heteroatoms. The van der Waals surface area contributed by atoms with E-state index in [0.29, 0.717) is 0 Å². The van der Waals surface area contributed by atoms with E-state index in [1.807, 2.05) is 0 Å². The third-order valence-electron chi connectivity index (χ3n) is 5.35. The Balaban J connectivity index is 0.000000380. The molecule has 150 valence electrons. The second-order valence-electron chi connectivity index (χ2n) is 7.50. The number of benzene rings is 1. The summed E-state index contributed by atoms with van der Waals surface area (Å²) in [7, 11) is 0. The molecule has 2 fully saturated rings. The average Bonchev–Trinajstić information content (AvgIpc) is 2.93. The normalized spacial score (nSPS) is 19.6. The highest BCUT2D eigenvalue weighted by Gasteiger charge is 2.22. The van der Waals surface area contributed by atoms with E-state index >= 15 is 0 Å². The second kappa shape index (κ2) is 11.7. The van der Waals surface area contributed by atoms with E-state index in [9.17, 15) is 0 Å². The number of hydrogen-bond donors (Lipinski definition) is 3. The van der Waals surface area contributed by atoms with E-state index < -0.39 is 11.9 Å². The zero-order valence-corrected chi connectivity index (χ0v) is 16.0. The first-order valence-electron chi connectivity index (χ1n) is 10.0. The molecule has 2 aliphatic rings. The van der Waals surface area contributed by atoms with Gasteiger partial charge in [-0.1, -0.05) is 56.0 Å². The van der Waals surface area contributed by atoms with Crippen molar-refractivity contribution in [1.82, 2.24) is 10.2 Å². The molecule has 1 heterocycles. The van der Waals surface area contributed by atoms with E-state index in [0.717, 1.165) is 18.6 Å². The Morgan fingerprint density at radius 3 is 1.89 bits per heavy atom. The lowest BCUT2D eigenvalue weighted by molar-refractivity contribution is -0.159. The molecule has 0 atom stereocenters. The molecule has 0 aromatic heterocycles. The van der Waals surface area contributed by atoms with Gasteiger partial charge in [0.2, 0.25) is 0 Å². The van der Waals surface area contributed by atoms with Gasteiger partial charge < -0.3 is 15.5 Å². The second-order valence-corrected chi connectivity index (χ2v) is 7.50. The van der Waals surface area contributed by atoms with Crippen molar-refractivity contribution in [3.05, 3.63) is 35.9 Å². The van der Waals surface area contributed by atoms with Gasteiger partial charge in [-0.05, 0) is 44.3 Å². The number of likely N-dealkylation sites (tertiary alicyclic amines) is 1. The van der Waals surface area contributed by atoms with Gasteiger partial charge >= 0.3 is 11.9 Å². The third-order valence-corrected chi connectivity index (χ3v) is 5.35. The lowest BCUT2D eigenvalue weighted by atomic mass is 10.0. The molecular weight excluding hydrogens is 344 g/mol. The lowest BCUT2D eigenvalue weighted by Gasteiger charge is -2.34. The summed E-state index contributed by atoms with van der Waals surface area (Å²) in [6, 6.07) is 12.5. The van der Waals surface area contributed by atoms with Crippen molar-refractivity contribution in [2.24, 2.45) is 0 Å². The molecule has 1 saturated heterocycles. The van der Waals surface area contributed by atoms with Crippen LogP contribution in [-0.4, -0.2) is 52.2 Å². The van der Waals surface area contributed by atoms with Gasteiger partial charge in [0.25, 0.3) is 0 Å². The van der Waals surface area contributed by atoms with Crippen molar-refractivity contribution >= 4 is 11.9 Å². The Morgan fingerprint density at radius 2 is 1.37 bits per heavy atom. The molecule has 0 bridgehead atoms. The number of carbonyl (C=O) groups is 2. The number of carboxylic acids is 2. The van der Waals surface area contributed by atoms with Gasteiger partial charge in [0.05, 0.1) is 0 Å². The van der Waals surface area contributed by atoms with Crippen LogP contribution in [0.2, 0.25) is 0 Å². The zero-order valence-electron chi connectivity index (χ0n) is 16.0. The first-order chi connectivity index (χ1) is 13.0. The van der Waals surface area contributed by atoms with Crippen molar-refractivity contribution < 1.29 is 19.8 Å². The van der Waals surface area contributed by atoms with Crippen LogP contribution < -0.4 is 5.32 Å². The average molecular weight is 376 g/mol. The number of aliphatic carboxylic acids is 2. The minimum Gasteiger partial charge on any atom is -0.473 e. The van der Waals surface area contributed by atoms with Crippen molar-refractivity contribution in [1.29, 1.82) is 0 Å². The van der Waals surface area contributed by atoms with Gasteiger partial charge in [0.1, 0.15) is 0 Å². The van der Waals surface area contributed by atoms with E-state index in [-0.39, 0.29) is 0 Å². The number of nitrogens with one attached hydrogen (secondary N) is 1. The number of nitrogens with zero attached hydrogens (tertiary/aromatic N) is 1. The third kappa shape index (κ3) is 8.54. The van der Waals surface area contributed by atoms with E-state index in [2.05, 4.69) is 40.5 Å². The van der Waals surface area contributed by atoms with Gasteiger partial charge in [0, 0.05) is 18.6 Å². The van der Waals surface area contributed by atoms with Gasteiger partial charge in [0.15, 0.2) is 0 Å². The summed E-state index contributed by atoms with van der Waals surface area (Å²) >= 11 is 0. The highest BCUT2D eigenvalue weighted by molar-refractivity contribution is 6.27. The number of rotatable bonds is 4. The van der Waals surface area contributed by atoms with Crippen molar-refractivity contribution in [3.8, 4) is 0 Å². The fraction of sp³-hybridized carbons (Fsp3) is 0.619. The maximum atomic E-state index is 9.10. The number of piperidine rings is 1. The Labute approximate surface area is 161 Å². The van der Waals surface area contributed by atoms with Crippen LogP contribution in [0.1, 0.15) is 56.9 Å². The van der Waals surface area contributed by atoms with Crippen molar-refractivity contribution in [3.63, 3.8) is 0 Å². The van der Waals surface area contributed by atoms with Crippen LogP contribution >= 0.6 is 0 Å². The largest absolute Gasteiger partial charge is 0.473 e. The monoisotopic (exact) mass is 376 g/mol. The van der Waals surface area contributed by atoms with Crippen LogP contribution in [0.25, 0.3) is 0 Å². The van der Waals surface area contributed by atoms with Gasteiger partial charge in [-0.25, -0.2) is 9.59 Å². The fourth-order valence-corrected chi connectivity index (χ4v) is 3.88. The Morgan fingerprint density at radius 1 is 0.852 bits per heavy atom. The Kier molecular flexibility index (Phi) is 9.28. The Bertz CT molecular complexity index is 551. The summed E-state index contributed by atoms with van der Waals surface area (Å²) in [4.78, 5) is 20.8. The molecule has 1 aromatic carbocycles. The minimum absolute atomic E-state index is 0.764. The van der Waals surface area contributed by atoms with E-state index in [4.69, 9.17) is 19.8 Å². The predicted molar refractivity (Wildman–Crippen MR) is 105 cm³/mol. The van der Waals surface area contributed by atoms with Gasteiger partial charge in [-0.15, -0.1) is 0 Å². The fourth-order valence-electron chi connectivity index (χ4n) is 3.88. The maximum Gasteiger partial charge on any atom is 0.414 e. The van der Waals surface area contributed by atoms with Gasteiger partial charge in [-0.2, -0.15) is 0 Å². The smallest absolute Gasteiger partial charge is 0.414 e. The Hall–Kier alpha value is -1.92. The highest BCUT2D eigenvalue weighted by Crippen LogP contribution is 2.20. The minimum atomic E-state index is -1.82. The molecule has 0 spiro atoms. The topological polar surface area (TPSA) is 89.9 Å². The van der Waals surface area contributed by atoms with E-state index in [1.54, 1.807) is 0 Å². The molecule has 0 amide bonds. The standard InChI is InChI=1S/C19H30N2.C2H2O4/c1-2-7-11-18(10-6-1)20-19-12-14-21(15-13-19)16-17-8-4-3-5-9-17;3-1(4)2(5)6/h3-5,8-9,18-20H,1-2,6-7,10-16H2;(H,3,4)(H,5,6). The van der Waals surface area contributed by atoms with Crippen LogP contribution in [0.3, 0.4) is 0 Å². The first-order valence-corrected chi connectivity index (χ1v) is 10.0. The molecule has 3 rings (SSSR count). The first kappa shape index (κ1) is 21.4. The molecule has 1 aliphatic carbocycles. The molecule has 3 N–H and O–H groups in total. The summed E-state index contributed by atoms with van der Waals surface area (Å²) in [5.41, 5.74) is 1.45. The van der Waals surface area contributed by atoms with Gasteiger partial charge in [-0.3, -0.25) is 4.90 Å². The molecular formula is C21H32N2O4. The molecule has 1 saturated carbocycles. The number of hydrogen-bond acceptors (Lipinski definition) is 4. The molecule has 27 heavy (non-hydrogen) atoms. The summed E-state index contributed by atoms with van der Waals surface area (Å²) in [6.07, 6.45) is 11.2. The number of carboxylic acid groups (broad SMARTS) is 2. The van der Waals surface area contributed by atoms with Crippen LogP contribution in [-0.2, 0) is 16.1 Å². The summed E-state index contributed by atoms with van der Waals surface area (Å²) < 4.78 is 0. The van der Waals surface area contributed by atoms with Crippen LogP contribution in [0.15, 0.2) is 30.3 Å². The highest BCUT2D eigenvalue weighted by atomic mass is 16.4. The molecule has 0 unspecified atom stereocenters. The molecule has 6 nitrogen and oxygen atoms in total. The summed E-state index contributed by atoms with van der Waals surface area (Å²) in [6.45, 7) is 3.62. The van der Waals surface area contributed by atoms with Crippen LogP contribution in [0.4, 0.5) is 0 Å². The maximum absolute atomic E-state index is 9.10. The van der Waals surface area contributed by atoms with Crippen LogP contribution in [0.5, 0.6) is 0 Å². The van der Waals surface area contributed by atoms with Crippen LogP contribution in [0, 0.1) is 0 Å². The summed E-state index contributed by atoms with van der Waals surface area (Å²) in [5.74, 6) is -3.65. The summed E-state index contributed by atoms with van der Waals surface area (Å²) in [5, 5.41) is 18.7. The molecule has 1 aromatic rings. The van der Waals surface area contributed by atoms with E-state index in [1.165, 1.54) is 70.0 Å². The quantitative estimate of drug-likeness (QED) is 0.553. The molecule has 0 radical (unpaired) electrons. The van der Waals surface area contributed by atoms with Crippen molar-refractivity contribution in [2.75, 3.05) is 13.1 Å². The predicted octanol–water partition coefficient (Wildman–Crippen LogP) is 3.12. The lowest BCUT2D eigenvalue weighted by Crippen LogP contribution is -2.45.